The Balaban J connectivity index is 1.84. The Morgan fingerprint density at radius 1 is 1.04 bits per heavy atom. The summed E-state index contributed by atoms with van der Waals surface area (Å²) in [5.74, 6) is 5.87. The van der Waals surface area contributed by atoms with Crippen LogP contribution in [0.3, 0.4) is 0 Å². The average Bonchev–Trinajstić information content (AvgIpc) is 3.06. The molecule has 5 heteroatoms. The third-order valence-corrected chi connectivity index (χ3v) is 4.63. The van der Waals surface area contributed by atoms with Crippen LogP contribution in [0.5, 0.6) is 0 Å². The zero-order chi connectivity index (χ0) is 17.9. The fourth-order valence-corrected chi connectivity index (χ4v) is 3.33. The molecular formula is C21H19FN4. The van der Waals surface area contributed by atoms with Crippen LogP contribution in [0.15, 0.2) is 48.8 Å². The van der Waals surface area contributed by atoms with E-state index < -0.39 is 0 Å². The predicted molar refractivity (Wildman–Crippen MR) is 99.6 cm³/mol. The predicted octanol–water partition coefficient (Wildman–Crippen LogP) is 3.59. The second-order valence-electron chi connectivity index (χ2n) is 6.27. The molecule has 0 aliphatic carbocycles. The van der Waals surface area contributed by atoms with Crippen LogP contribution in [0.2, 0.25) is 0 Å². The van der Waals surface area contributed by atoms with Gasteiger partial charge < -0.3 is 0 Å². The second-order valence-corrected chi connectivity index (χ2v) is 6.27. The first-order chi connectivity index (χ1) is 12.8. The smallest absolute Gasteiger partial charge is 0.123 e. The Hall–Kier alpha value is -2.97. The molecule has 2 aromatic heterocycles. The molecule has 0 amide bonds. The average molecular weight is 346 g/mol. The molecule has 0 fully saturated rings. The fraction of sp³-hybridized carbons (Fsp3) is 0.238. The number of rotatable bonds is 3. The van der Waals surface area contributed by atoms with Gasteiger partial charge in [-0.1, -0.05) is 5.92 Å². The fourth-order valence-electron chi connectivity index (χ4n) is 3.33. The van der Waals surface area contributed by atoms with E-state index in [1.165, 1.54) is 17.8 Å². The summed E-state index contributed by atoms with van der Waals surface area (Å²) in [6, 6.07) is 10.5. The summed E-state index contributed by atoms with van der Waals surface area (Å²) in [5, 5.41) is 4.85. The zero-order valence-corrected chi connectivity index (χ0v) is 14.6. The Kier molecular flexibility index (Phi) is 4.51. The van der Waals surface area contributed by atoms with Crippen molar-refractivity contribution in [2.45, 2.75) is 20.0 Å². The van der Waals surface area contributed by atoms with Gasteiger partial charge in [-0.15, -0.1) is 5.92 Å². The van der Waals surface area contributed by atoms with Crippen molar-refractivity contribution >= 4 is 0 Å². The second kappa shape index (κ2) is 7.11. The van der Waals surface area contributed by atoms with E-state index in [1.807, 2.05) is 19.1 Å². The van der Waals surface area contributed by atoms with Gasteiger partial charge in [0.25, 0.3) is 0 Å². The third kappa shape index (κ3) is 3.12. The lowest BCUT2D eigenvalue weighted by molar-refractivity contribution is 0.238. The summed E-state index contributed by atoms with van der Waals surface area (Å²) in [4.78, 5) is 6.46. The summed E-state index contributed by atoms with van der Waals surface area (Å²) in [7, 11) is 0. The molecule has 0 atom stereocenters. The summed E-state index contributed by atoms with van der Waals surface area (Å²) in [5.41, 5.74) is 5.13. The monoisotopic (exact) mass is 346 g/mol. The number of halogens is 1. The van der Waals surface area contributed by atoms with Crippen LogP contribution in [0, 0.1) is 17.7 Å². The number of aromatic nitrogens is 3. The number of benzene rings is 1. The molecule has 1 aliphatic heterocycles. The zero-order valence-electron chi connectivity index (χ0n) is 14.6. The number of pyridine rings is 1. The molecule has 0 saturated carbocycles. The van der Waals surface area contributed by atoms with Gasteiger partial charge in [0.1, 0.15) is 11.5 Å². The number of fused-ring (bicyclic) bond motifs is 1. The van der Waals surface area contributed by atoms with Gasteiger partial charge in [-0.25, -0.2) is 4.39 Å². The van der Waals surface area contributed by atoms with Gasteiger partial charge >= 0.3 is 0 Å². The lowest BCUT2D eigenvalue weighted by Gasteiger charge is -2.26. The van der Waals surface area contributed by atoms with Gasteiger partial charge in [0.15, 0.2) is 0 Å². The number of nitrogens with zero attached hydrogens (tertiary/aromatic N) is 4. The normalized spacial score (nSPS) is 13.8. The van der Waals surface area contributed by atoms with E-state index in [2.05, 4.69) is 26.4 Å². The molecule has 0 N–H and O–H groups in total. The van der Waals surface area contributed by atoms with Crippen LogP contribution in [0.4, 0.5) is 4.39 Å². The minimum Gasteiger partial charge on any atom is -0.285 e. The van der Waals surface area contributed by atoms with E-state index in [1.54, 1.807) is 24.5 Å². The highest BCUT2D eigenvalue weighted by molar-refractivity contribution is 5.82. The summed E-state index contributed by atoms with van der Waals surface area (Å²) >= 11 is 0. The van der Waals surface area contributed by atoms with E-state index in [4.69, 9.17) is 5.10 Å². The number of hydrogen-bond acceptors (Lipinski definition) is 3. The van der Waals surface area contributed by atoms with E-state index in [9.17, 15) is 4.39 Å². The molecule has 1 aliphatic rings. The van der Waals surface area contributed by atoms with E-state index in [0.29, 0.717) is 0 Å². The van der Waals surface area contributed by atoms with Crippen LogP contribution in [0.1, 0.15) is 12.6 Å². The molecule has 0 unspecified atom stereocenters. The van der Waals surface area contributed by atoms with Gasteiger partial charge in [-0.3, -0.25) is 14.6 Å². The summed E-state index contributed by atoms with van der Waals surface area (Å²) < 4.78 is 15.4. The van der Waals surface area contributed by atoms with Crippen LogP contribution < -0.4 is 0 Å². The molecule has 0 saturated heterocycles. The molecule has 0 radical (unpaired) electrons. The van der Waals surface area contributed by atoms with Crippen molar-refractivity contribution in [1.29, 1.82) is 0 Å². The Bertz CT molecular complexity index is 965. The minimum absolute atomic E-state index is 0.243. The first kappa shape index (κ1) is 16.5. The Labute approximate surface area is 152 Å². The third-order valence-electron chi connectivity index (χ3n) is 4.63. The van der Waals surface area contributed by atoms with Gasteiger partial charge in [-0.2, -0.15) is 5.10 Å². The molecule has 3 heterocycles. The molecule has 0 bridgehead atoms. The molecule has 26 heavy (non-hydrogen) atoms. The quantitative estimate of drug-likeness (QED) is 0.680. The van der Waals surface area contributed by atoms with Crippen LogP contribution in [0.25, 0.3) is 22.4 Å². The lowest BCUT2D eigenvalue weighted by atomic mass is 9.99. The molecular weight excluding hydrogens is 327 g/mol. The largest absolute Gasteiger partial charge is 0.285 e. The summed E-state index contributed by atoms with van der Waals surface area (Å²) in [6.07, 6.45) is 3.58. The van der Waals surface area contributed by atoms with Crippen molar-refractivity contribution in [1.82, 2.24) is 19.7 Å². The van der Waals surface area contributed by atoms with Gasteiger partial charge in [0, 0.05) is 36.6 Å². The highest BCUT2D eigenvalue weighted by Crippen LogP contribution is 2.36. The van der Waals surface area contributed by atoms with Gasteiger partial charge in [0.2, 0.25) is 0 Å². The topological polar surface area (TPSA) is 34.0 Å². The highest BCUT2D eigenvalue weighted by atomic mass is 19.1. The van der Waals surface area contributed by atoms with Crippen molar-refractivity contribution in [3.63, 3.8) is 0 Å². The maximum atomic E-state index is 13.4. The van der Waals surface area contributed by atoms with Crippen molar-refractivity contribution in [3.05, 3.63) is 60.3 Å². The SMILES string of the molecule is CC#CCN1CCn2nc(-c3ccc(F)cc3)c(-c3ccncc3)c2C1. The molecule has 130 valence electrons. The molecule has 1 aromatic carbocycles. The lowest BCUT2D eigenvalue weighted by Crippen LogP contribution is -2.34. The maximum absolute atomic E-state index is 13.4. The first-order valence-electron chi connectivity index (χ1n) is 8.64. The number of hydrogen-bond donors (Lipinski definition) is 0. The van der Waals surface area contributed by atoms with Crippen LogP contribution in [-0.2, 0) is 13.1 Å². The molecule has 0 spiro atoms. The minimum atomic E-state index is -0.243. The van der Waals surface area contributed by atoms with Crippen LogP contribution in [-0.4, -0.2) is 32.8 Å². The van der Waals surface area contributed by atoms with Crippen molar-refractivity contribution in [2.75, 3.05) is 13.1 Å². The molecule has 4 rings (SSSR count). The summed E-state index contributed by atoms with van der Waals surface area (Å²) in [6.45, 7) is 5.15. The van der Waals surface area contributed by atoms with Gasteiger partial charge in [-0.05, 0) is 48.9 Å². The molecule has 4 nitrogen and oxygen atoms in total. The standard InChI is InChI=1S/C21H19FN4/c1-2-3-12-25-13-14-26-19(15-25)20(16-8-10-23-11-9-16)21(24-26)17-4-6-18(22)7-5-17/h4-11H,12-15H2,1H3. The highest BCUT2D eigenvalue weighted by Gasteiger charge is 2.25. The van der Waals surface area contributed by atoms with E-state index in [0.717, 1.165) is 48.6 Å². The van der Waals surface area contributed by atoms with Crippen molar-refractivity contribution in [2.24, 2.45) is 0 Å². The van der Waals surface area contributed by atoms with Crippen molar-refractivity contribution < 1.29 is 4.39 Å². The Morgan fingerprint density at radius 2 is 1.81 bits per heavy atom. The Morgan fingerprint density at radius 3 is 2.54 bits per heavy atom. The molecule has 3 aromatic rings. The van der Waals surface area contributed by atoms with Gasteiger partial charge in [0.05, 0.1) is 18.8 Å². The van der Waals surface area contributed by atoms with E-state index in [-0.39, 0.29) is 5.82 Å². The first-order valence-corrected chi connectivity index (χ1v) is 8.64. The van der Waals surface area contributed by atoms with Crippen LogP contribution >= 0.6 is 0 Å². The van der Waals surface area contributed by atoms with E-state index >= 15 is 0 Å². The van der Waals surface area contributed by atoms with Crippen molar-refractivity contribution in [3.8, 4) is 34.2 Å². The maximum Gasteiger partial charge on any atom is 0.123 e.